The second kappa shape index (κ2) is 8.57. The molecule has 3 rings (SSSR count). The first-order valence-electron chi connectivity index (χ1n) is 8.42. The zero-order valence-corrected chi connectivity index (χ0v) is 16.7. The molecule has 0 aliphatic carbocycles. The van der Waals surface area contributed by atoms with E-state index in [-0.39, 0.29) is 12.4 Å². The maximum absolute atomic E-state index is 13.7. The molecule has 30 heavy (non-hydrogen) atoms. The third-order valence-electron chi connectivity index (χ3n) is 4.18. The summed E-state index contributed by atoms with van der Waals surface area (Å²) in [6, 6.07) is 6.86. The van der Waals surface area contributed by atoms with Crippen LogP contribution in [-0.2, 0) is 16.6 Å². The van der Waals surface area contributed by atoms with Crippen LogP contribution in [0.2, 0.25) is 0 Å². The van der Waals surface area contributed by atoms with Crippen LogP contribution in [0, 0.1) is 17.5 Å². The Balaban J connectivity index is 2.13. The predicted molar refractivity (Wildman–Crippen MR) is 101 cm³/mol. The van der Waals surface area contributed by atoms with E-state index in [9.17, 15) is 21.6 Å². The number of hydrogen-bond acceptors (Lipinski definition) is 6. The highest BCUT2D eigenvalue weighted by molar-refractivity contribution is 7.92. The molecule has 2 aromatic carbocycles. The number of methoxy groups -OCH3 is 2. The van der Waals surface area contributed by atoms with E-state index in [4.69, 9.17) is 9.47 Å². The molecule has 158 valence electrons. The van der Waals surface area contributed by atoms with Crippen molar-refractivity contribution in [2.75, 3.05) is 18.5 Å². The molecule has 0 radical (unpaired) electrons. The largest absolute Gasteiger partial charge is 0.497 e. The van der Waals surface area contributed by atoms with Gasteiger partial charge >= 0.3 is 0 Å². The van der Waals surface area contributed by atoms with E-state index in [0.717, 1.165) is 10.6 Å². The minimum absolute atomic E-state index is 0.0620. The highest BCUT2D eigenvalue weighted by atomic mass is 32.2. The predicted octanol–water partition coefficient (Wildman–Crippen LogP) is 3.31. The molecule has 0 bridgehead atoms. The van der Waals surface area contributed by atoms with Gasteiger partial charge in [0.05, 0.1) is 25.7 Å². The quantitative estimate of drug-likeness (QED) is 0.526. The minimum Gasteiger partial charge on any atom is -0.497 e. The Kier molecular flexibility index (Phi) is 6.11. The normalized spacial score (nSPS) is 11.2. The fraction of sp³-hybridized carbons (Fsp3) is 0.158. The van der Waals surface area contributed by atoms with Gasteiger partial charge in [0, 0.05) is 23.9 Å². The highest BCUT2D eigenvalue weighted by Gasteiger charge is 2.29. The van der Waals surface area contributed by atoms with E-state index in [0.29, 0.717) is 29.2 Å². The standard InChI is InChI=1S/C19H16F3N3O4S/c1-28-13-4-3-12(17(7-13)29-2)10-25(18-5-6-23-11-24-18)30(26,27)14-8-15(20)19(22)16(21)9-14/h3-9,11H,10H2,1-2H3. The molecule has 0 saturated heterocycles. The van der Waals surface area contributed by atoms with Crippen molar-refractivity contribution in [1.82, 2.24) is 9.97 Å². The molecule has 1 heterocycles. The van der Waals surface area contributed by atoms with Gasteiger partial charge in [-0.3, -0.25) is 0 Å². The Morgan fingerprint density at radius 3 is 2.27 bits per heavy atom. The number of aromatic nitrogens is 2. The molecule has 0 aliphatic rings. The van der Waals surface area contributed by atoms with Crippen LogP contribution in [0.15, 0.2) is 53.8 Å². The van der Waals surface area contributed by atoms with Gasteiger partial charge in [-0.15, -0.1) is 0 Å². The summed E-state index contributed by atoms with van der Waals surface area (Å²) in [6.07, 6.45) is 2.43. The molecule has 3 aromatic rings. The summed E-state index contributed by atoms with van der Waals surface area (Å²) in [5, 5.41) is 0. The second-order valence-corrected chi connectivity index (χ2v) is 7.82. The lowest BCUT2D eigenvalue weighted by Gasteiger charge is -2.24. The molecule has 0 unspecified atom stereocenters. The average molecular weight is 439 g/mol. The van der Waals surface area contributed by atoms with Crippen molar-refractivity contribution in [3.05, 3.63) is 71.9 Å². The van der Waals surface area contributed by atoms with Crippen molar-refractivity contribution in [2.24, 2.45) is 0 Å². The number of ether oxygens (including phenoxy) is 2. The average Bonchev–Trinajstić information content (AvgIpc) is 2.75. The van der Waals surface area contributed by atoms with E-state index in [1.54, 1.807) is 18.2 Å². The molecule has 0 spiro atoms. The fourth-order valence-electron chi connectivity index (χ4n) is 2.67. The molecular formula is C19H16F3N3O4S. The summed E-state index contributed by atoms with van der Waals surface area (Å²) in [5.41, 5.74) is 0.420. The van der Waals surface area contributed by atoms with Gasteiger partial charge in [0.1, 0.15) is 23.6 Å². The molecule has 0 N–H and O–H groups in total. The van der Waals surface area contributed by atoms with Crippen molar-refractivity contribution in [2.45, 2.75) is 11.4 Å². The number of benzene rings is 2. The Morgan fingerprint density at radius 2 is 1.70 bits per heavy atom. The number of anilines is 1. The van der Waals surface area contributed by atoms with Gasteiger partial charge in [-0.05, 0) is 24.3 Å². The van der Waals surface area contributed by atoms with Gasteiger partial charge in [0.2, 0.25) is 0 Å². The fourth-order valence-corrected chi connectivity index (χ4v) is 4.09. The summed E-state index contributed by atoms with van der Waals surface area (Å²) in [5.74, 6) is -4.28. The molecule has 1 aromatic heterocycles. The van der Waals surface area contributed by atoms with Crippen LogP contribution in [0.4, 0.5) is 19.0 Å². The summed E-state index contributed by atoms with van der Waals surface area (Å²) in [4.78, 5) is 6.90. The lowest BCUT2D eigenvalue weighted by molar-refractivity contribution is 0.391. The van der Waals surface area contributed by atoms with Crippen molar-refractivity contribution in [3.8, 4) is 11.5 Å². The first-order chi connectivity index (χ1) is 14.3. The first kappa shape index (κ1) is 21.4. The number of nitrogens with zero attached hydrogens (tertiary/aromatic N) is 3. The summed E-state index contributed by atoms with van der Waals surface area (Å²) in [6.45, 7) is -0.298. The number of sulfonamides is 1. The Hall–Kier alpha value is -3.34. The van der Waals surface area contributed by atoms with E-state index >= 15 is 0 Å². The summed E-state index contributed by atoms with van der Waals surface area (Å²) < 4.78 is 78.4. The summed E-state index contributed by atoms with van der Waals surface area (Å²) in [7, 11) is -1.69. The molecule has 0 amide bonds. The molecule has 0 saturated carbocycles. The van der Waals surface area contributed by atoms with Crippen LogP contribution < -0.4 is 13.8 Å². The molecule has 7 nitrogen and oxygen atoms in total. The third kappa shape index (κ3) is 4.15. The zero-order valence-electron chi connectivity index (χ0n) is 15.8. The van der Waals surface area contributed by atoms with Gasteiger partial charge < -0.3 is 9.47 Å². The van der Waals surface area contributed by atoms with Gasteiger partial charge in [-0.25, -0.2) is 35.9 Å². The second-order valence-electron chi connectivity index (χ2n) is 5.96. The van der Waals surface area contributed by atoms with Crippen LogP contribution >= 0.6 is 0 Å². The van der Waals surface area contributed by atoms with Gasteiger partial charge in [-0.1, -0.05) is 0 Å². The topological polar surface area (TPSA) is 81.6 Å². The first-order valence-corrected chi connectivity index (χ1v) is 9.86. The van der Waals surface area contributed by atoms with E-state index in [1.165, 1.54) is 26.5 Å². The molecule has 0 fully saturated rings. The smallest absolute Gasteiger partial charge is 0.266 e. The number of rotatable bonds is 7. The minimum atomic E-state index is -4.55. The van der Waals surface area contributed by atoms with Crippen LogP contribution in [0.5, 0.6) is 11.5 Å². The van der Waals surface area contributed by atoms with Gasteiger partial charge in [-0.2, -0.15) is 0 Å². The van der Waals surface area contributed by atoms with Gasteiger partial charge in [0.25, 0.3) is 10.0 Å². The monoisotopic (exact) mass is 439 g/mol. The van der Waals surface area contributed by atoms with E-state index in [2.05, 4.69) is 9.97 Å². The number of halogens is 3. The van der Waals surface area contributed by atoms with Gasteiger partial charge in [0.15, 0.2) is 17.5 Å². The maximum atomic E-state index is 13.7. The lowest BCUT2D eigenvalue weighted by atomic mass is 10.2. The van der Waals surface area contributed by atoms with Crippen LogP contribution in [0.3, 0.4) is 0 Å². The lowest BCUT2D eigenvalue weighted by Crippen LogP contribution is -2.31. The maximum Gasteiger partial charge on any atom is 0.266 e. The molecule has 0 atom stereocenters. The highest BCUT2D eigenvalue weighted by Crippen LogP contribution is 2.30. The van der Waals surface area contributed by atoms with Crippen molar-refractivity contribution < 1.29 is 31.1 Å². The molecular weight excluding hydrogens is 423 g/mol. The third-order valence-corrected chi connectivity index (χ3v) is 5.90. The zero-order chi connectivity index (χ0) is 21.9. The SMILES string of the molecule is COc1ccc(CN(c2ccncn2)S(=O)(=O)c2cc(F)c(F)c(F)c2)c(OC)c1. The molecule has 0 aliphatic heterocycles. The van der Waals surface area contributed by atoms with Crippen molar-refractivity contribution >= 4 is 15.8 Å². The van der Waals surface area contributed by atoms with E-state index < -0.39 is 32.4 Å². The summed E-state index contributed by atoms with van der Waals surface area (Å²) >= 11 is 0. The van der Waals surface area contributed by atoms with Crippen LogP contribution in [0.25, 0.3) is 0 Å². The van der Waals surface area contributed by atoms with Crippen molar-refractivity contribution in [3.63, 3.8) is 0 Å². The Morgan fingerprint density at radius 1 is 1.00 bits per heavy atom. The van der Waals surface area contributed by atoms with Crippen molar-refractivity contribution in [1.29, 1.82) is 0 Å². The van der Waals surface area contributed by atoms with Crippen LogP contribution in [0.1, 0.15) is 5.56 Å². The Labute approximate surface area is 170 Å². The van der Waals surface area contributed by atoms with E-state index in [1.807, 2.05) is 0 Å². The molecule has 11 heteroatoms. The van der Waals surface area contributed by atoms with Crippen LogP contribution in [-0.4, -0.2) is 32.6 Å². The Bertz CT molecular complexity index is 1140. The number of hydrogen-bond donors (Lipinski definition) is 0.